The Bertz CT molecular complexity index is 605. The maximum Gasteiger partial charge on any atom is 0.344 e. The molecule has 0 bridgehead atoms. The third kappa shape index (κ3) is 12.9. The highest BCUT2D eigenvalue weighted by atomic mass is 31.2. The van der Waals surface area contributed by atoms with E-state index in [0.717, 1.165) is 32.1 Å². The Labute approximate surface area is 177 Å². The van der Waals surface area contributed by atoms with Crippen LogP contribution in [0.2, 0.25) is 0 Å². The zero-order chi connectivity index (χ0) is 22.3. The Morgan fingerprint density at radius 2 is 1.38 bits per heavy atom. The fraction of sp³-hybridized carbons (Fsp3) is 0.696. The number of aliphatic carboxylic acids is 1. The molecule has 0 aliphatic rings. The molecule has 5 nitrogen and oxygen atoms in total. The molecule has 1 atom stereocenters. The van der Waals surface area contributed by atoms with E-state index in [4.69, 9.17) is 9.05 Å². The van der Waals surface area contributed by atoms with Gasteiger partial charge in [-0.05, 0) is 86.5 Å². The van der Waals surface area contributed by atoms with Crippen molar-refractivity contribution in [2.24, 2.45) is 0 Å². The third-order valence-corrected chi connectivity index (χ3v) is 7.06. The van der Waals surface area contributed by atoms with Crippen LogP contribution in [-0.2, 0) is 18.4 Å². The molecule has 0 rings (SSSR count). The van der Waals surface area contributed by atoms with Crippen LogP contribution < -0.4 is 0 Å². The average molecular weight is 429 g/mol. The molecule has 6 heteroatoms. The van der Waals surface area contributed by atoms with Crippen LogP contribution in [0.1, 0.15) is 86.5 Å². The van der Waals surface area contributed by atoms with Crippen molar-refractivity contribution in [3.8, 4) is 0 Å². The van der Waals surface area contributed by atoms with E-state index >= 15 is 0 Å². The maximum absolute atomic E-state index is 12.7. The highest BCUT2D eigenvalue weighted by Gasteiger charge is 2.40. The fourth-order valence-corrected chi connectivity index (χ4v) is 4.92. The van der Waals surface area contributed by atoms with Crippen molar-refractivity contribution in [2.75, 3.05) is 13.2 Å². The monoisotopic (exact) mass is 428 g/mol. The van der Waals surface area contributed by atoms with E-state index in [1.54, 1.807) is 13.8 Å². The summed E-state index contributed by atoms with van der Waals surface area (Å²) in [5.41, 5.74) is 2.97. The summed E-state index contributed by atoms with van der Waals surface area (Å²) >= 11 is 0. The van der Waals surface area contributed by atoms with Crippen LogP contribution in [0, 0.1) is 0 Å². The van der Waals surface area contributed by atoms with Gasteiger partial charge in [-0.2, -0.15) is 0 Å². The first-order chi connectivity index (χ1) is 13.7. The van der Waals surface area contributed by atoms with Crippen molar-refractivity contribution in [1.82, 2.24) is 0 Å². The lowest BCUT2D eigenvalue weighted by molar-refractivity contribution is -0.137. The molecule has 0 saturated carbocycles. The number of carbonyl (C=O) groups is 1. The Balaban J connectivity index is 4.48. The van der Waals surface area contributed by atoms with Crippen molar-refractivity contribution in [1.29, 1.82) is 0 Å². The van der Waals surface area contributed by atoms with Gasteiger partial charge in [0.25, 0.3) is 0 Å². The minimum atomic E-state index is -3.63. The lowest BCUT2D eigenvalue weighted by Crippen LogP contribution is -2.23. The summed E-state index contributed by atoms with van der Waals surface area (Å²) in [6.07, 6.45) is 12.6. The number of carboxylic acids is 1. The summed E-state index contributed by atoms with van der Waals surface area (Å²) < 4.78 is 23.2. The van der Waals surface area contributed by atoms with E-state index in [0.29, 0.717) is 6.42 Å². The molecule has 0 spiro atoms. The molecule has 0 heterocycles. The second kappa shape index (κ2) is 15.6. The van der Waals surface area contributed by atoms with E-state index in [1.165, 1.54) is 16.7 Å². The summed E-state index contributed by atoms with van der Waals surface area (Å²) in [4.78, 5) is 11.6. The van der Waals surface area contributed by atoms with Gasteiger partial charge in [-0.1, -0.05) is 34.9 Å². The maximum atomic E-state index is 12.7. The smallest absolute Gasteiger partial charge is 0.344 e. The average Bonchev–Trinajstić information content (AvgIpc) is 2.61. The number of carboxylic acid groups (broad SMARTS) is 1. The molecule has 0 aromatic heterocycles. The number of hydrogen-bond acceptors (Lipinski definition) is 4. The van der Waals surface area contributed by atoms with E-state index in [2.05, 4.69) is 45.9 Å². The molecule has 29 heavy (non-hydrogen) atoms. The molecule has 0 aliphatic heterocycles. The summed E-state index contributed by atoms with van der Waals surface area (Å²) in [7, 11) is -3.63. The van der Waals surface area contributed by atoms with Gasteiger partial charge in [-0.3, -0.25) is 9.36 Å². The highest BCUT2D eigenvalue weighted by Crippen LogP contribution is 2.54. The van der Waals surface area contributed by atoms with Gasteiger partial charge in [-0.25, -0.2) is 0 Å². The SMILES string of the molecule is CCOP(=O)(OCC)C(CCC/C=C(\C)CC/C=C(\C)CCC=C(C)C)C(=O)O. The lowest BCUT2D eigenvalue weighted by Gasteiger charge is -2.23. The molecule has 0 radical (unpaired) electrons. The molecule has 168 valence electrons. The standard InChI is InChI=1S/C23H41O5P/c1-7-27-29(26,28-8-2)22(23(24)25)18-10-9-14-20(5)16-12-17-21(6)15-11-13-19(3)4/h13-14,17,22H,7-12,15-16,18H2,1-6H3,(H,24,25)/b20-14+,21-17+. The van der Waals surface area contributed by atoms with E-state index < -0.39 is 19.2 Å². The molecule has 1 N–H and O–H groups in total. The Hall–Kier alpha value is -1.16. The predicted molar refractivity (Wildman–Crippen MR) is 122 cm³/mol. The molecule has 0 aromatic carbocycles. The van der Waals surface area contributed by atoms with E-state index in [9.17, 15) is 14.5 Å². The lowest BCUT2D eigenvalue weighted by atomic mass is 10.1. The van der Waals surface area contributed by atoms with Crippen molar-refractivity contribution < 1.29 is 23.5 Å². The van der Waals surface area contributed by atoms with Crippen molar-refractivity contribution in [3.63, 3.8) is 0 Å². The largest absolute Gasteiger partial charge is 0.481 e. The third-order valence-electron chi connectivity index (χ3n) is 4.58. The molecule has 0 fully saturated rings. The second-order valence-corrected chi connectivity index (χ2v) is 9.84. The molecule has 0 saturated heterocycles. The number of allylic oxidation sites excluding steroid dienone is 6. The summed E-state index contributed by atoms with van der Waals surface area (Å²) in [6.45, 7) is 12.2. The van der Waals surface area contributed by atoms with Crippen LogP contribution in [0.15, 0.2) is 34.9 Å². The summed E-state index contributed by atoms with van der Waals surface area (Å²) in [6, 6.07) is 0. The topological polar surface area (TPSA) is 72.8 Å². The Morgan fingerprint density at radius 3 is 1.83 bits per heavy atom. The Kier molecular flexibility index (Phi) is 15.0. The first-order valence-corrected chi connectivity index (χ1v) is 12.3. The molecular formula is C23H41O5P. The zero-order valence-corrected chi connectivity index (χ0v) is 20.1. The van der Waals surface area contributed by atoms with Gasteiger partial charge in [-0.15, -0.1) is 0 Å². The fourth-order valence-electron chi connectivity index (χ4n) is 2.99. The van der Waals surface area contributed by atoms with Crippen molar-refractivity contribution >= 4 is 13.6 Å². The van der Waals surface area contributed by atoms with Gasteiger partial charge < -0.3 is 14.2 Å². The first kappa shape index (κ1) is 27.8. The van der Waals surface area contributed by atoms with Crippen LogP contribution in [0.3, 0.4) is 0 Å². The van der Waals surface area contributed by atoms with Crippen LogP contribution in [0.25, 0.3) is 0 Å². The van der Waals surface area contributed by atoms with Gasteiger partial charge >= 0.3 is 13.6 Å². The minimum absolute atomic E-state index is 0.168. The summed E-state index contributed by atoms with van der Waals surface area (Å²) in [5, 5.41) is 9.47. The number of hydrogen-bond donors (Lipinski definition) is 1. The molecule has 1 unspecified atom stereocenters. The van der Waals surface area contributed by atoms with Crippen LogP contribution in [0.5, 0.6) is 0 Å². The molecule has 0 aliphatic carbocycles. The zero-order valence-electron chi connectivity index (χ0n) is 19.2. The quantitative estimate of drug-likeness (QED) is 0.159. The van der Waals surface area contributed by atoms with Gasteiger partial charge in [0.2, 0.25) is 0 Å². The summed E-state index contributed by atoms with van der Waals surface area (Å²) in [5.74, 6) is -1.12. The second-order valence-electron chi connectivity index (χ2n) is 7.62. The van der Waals surface area contributed by atoms with Crippen molar-refractivity contribution in [3.05, 3.63) is 34.9 Å². The van der Waals surface area contributed by atoms with E-state index in [-0.39, 0.29) is 19.6 Å². The molecule has 0 aromatic rings. The Morgan fingerprint density at radius 1 is 0.897 bits per heavy atom. The minimum Gasteiger partial charge on any atom is -0.481 e. The van der Waals surface area contributed by atoms with Gasteiger partial charge in [0, 0.05) is 0 Å². The number of rotatable bonds is 16. The van der Waals surface area contributed by atoms with Gasteiger partial charge in [0.15, 0.2) is 5.66 Å². The normalized spacial score (nSPS) is 14.0. The van der Waals surface area contributed by atoms with Gasteiger partial charge in [0.1, 0.15) is 0 Å². The predicted octanol–water partition coefficient (Wildman–Crippen LogP) is 7.30. The van der Waals surface area contributed by atoms with Crippen LogP contribution in [-0.4, -0.2) is 29.9 Å². The molecular weight excluding hydrogens is 387 g/mol. The van der Waals surface area contributed by atoms with E-state index in [1.807, 2.05) is 0 Å². The molecule has 0 amide bonds. The van der Waals surface area contributed by atoms with Crippen molar-refractivity contribution in [2.45, 2.75) is 92.1 Å². The first-order valence-electron chi connectivity index (χ1n) is 10.7. The van der Waals surface area contributed by atoms with Crippen LogP contribution in [0.4, 0.5) is 0 Å². The number of unbranched alkanes of at least 4 members (excludes halogenated alkanes) is 1. The van der Waals surface area contributed by atoms with Crippen LogP contribution >= 0.6 is 7.60 Å². The highest BCUT2D eigenvalue weighted by molar-refractivity contribution is 7.55. The van der Waals surface area contributed by atoms with Gasteiger partial charge in [0.05, 0.1) is 13.2 Å².